The number of carbonyl (C=O) groups excluding carboxylic acids is 2. The highest BCUT2D eigenvalue weighted by atomic mass is 16.6. The number of rotatable bonds is 8. The molecule has 0 aliphatic carbocycles. The number of piperazine rings is 1. The first-order valence-corrected chi connectivity index (χ1v) is 9.27. The zero-order valence-corrected chi connectivity index (χ0v) is 15.5. The second-order valence-electron chi connectivity index (χ2n) is 6.29. The third-order valence-electron chi connectivity index (χ3n) is 4.26. The van der Waals surface area contributed by atoms with E-state index >= 15 is 0 Å². The Hall–Kier alpha value is -2.28. The van der Waals surface area contributed by atoms with Crippen LogP contribution in [-0.4, -0.2) is 67.9 Å². The lowest BCUT2D eigenvalue weighted by Gasteiger charge is -2.34. The Morgan fingerprint density at radius 3 is 2.50 bits per heavy atom. The van der Waals surface area contributed by atoms with Gasteiger partial charge in [-0.15, -0.1) is 0 Å². The van der Waals surface area contributed by atoms with Gasteiger partial charge in [0.2, 0.25) is 0 Å². The number of hydrogen-bond donors (Lipinski definition) is 1. The quantitative estimate of drug-likeness (QED) is 0.719. The van der Waals surface area contributed by atoms with Crippen LogP contribution < -0.4 is 5.32 Å². The monoisotopic (exact) mass is 363 g/mol. The molecule has 0 spiro atoms. The maximum Gasteiger partial charge on any atom is 0.410 e. The lowest BCUT2D eigenvalue weighted by molar-refractivity contribution is 0.0717. The Morgan fingerprint density at radius 1 is 1.08 bits per heavy atom. The average molecular weight is 363 g/mol. The normalized spacial score (nSPS) is 14.7. The van der Waals surface area contributed by atoms with Crippen molar-refractivity contribution in [1.29, 1.82) is 0 Å². The molecule has 1 fully saturated rings. The number of ether oxygens (including phenoxy) is 2. The minimum atomic E-state index is -0.360. The molecule has 26 heavy (non-hydrogen) atoms. The standard InChI is InChI=1S/C19H29N3O4/c1-2-3-15-25-18(23)20-9-10-21-11-13-22(14-12-21)19(24)26-16-17-7-5-4-6-8-17/h4-8H,2-3,9-16H2,1H3,(H,20,23). The van der Waals surface area contributed by atoms with E-state index < -0.39 is 0 Å². The zero-order valence-electron chi connectivity index (χ0n) is 15.5. The molecule has 144 valence electrons. The molecule has 0 saturated carbocycles. The van der Waals surface area contributed by atoms with Gasteiger partial charge in [0.15, 0.2) is 0 Å². The zero-order chi connectivity index (χ0) is 18.6. The van der Waals surface area contributed by atoms with Gasteiger partial charge in [-0.1, -0.05) is 43.7 Å². The number of amides is 2. The first-order chi connectivity index (χ1) is 12.7. The highest BCUT2D eigenvalue weighted by Crippen LogP contribution is 2.06. The van der Waals surface area contributed by atoms with Crippen molar-refractivity contribution in [2.45, 2.75) is 26.4 Å². The van der Waals surface area contributed by atoms with Crippen LogP contribution in [0.5, 0.6) is 0 Å². The Bertz CT molecular complexity index is 545. The largest absolute Gasteiger partial charge is 0.450 e. The Morgan fingerprint density at radius 2 is 1.81 bits per heavy atom. The minimum Gasteiger partial charge on any atom is -0.450 e. The van der Waals surface area contributed by atoms with Crippen LogP contribution in [0.2, 0.25) is 0 Å². The first kappa shape index (κ1) is 20.0. The molecule has 2 amide bonds. The fraction of sp³-hybridized carbons (Fsp3) is 0.579. The third-order valence-corrected chi connectivity index (χ3v) is 4.26. The lowest BCUT2D eigenvalue weighted by atomic mass is 10.2. The van der Waals surface area contributed by atoms with Crippen molar-refractivity contribution in [3.05, 3.63) is 35.9 Å². The molecule has 0 aromatic heterocycles. The lowest BCUT2D eigenvalue weighted by Crippen LogP contribution is -2.50. The Balaban J connectivity index is 1.56. The number of benzene rings is 1. The maximum atomic E-state index is 12.1. The van der Waals surface area contributed by atoms with Crippen molar-refractivity contribution < 1.29 is 19.1 Å². The summed E-state index contributed by atoms with van der Waals surface area (Å²) in [5, 5.41) is 2.75. The van der Waals surface area contributed by atoms with E-state index in [1.165, 1.54) is 0 Å². The van der Waals surface area contributed by atoms with Crippen LogP contribution in [-0.2, 0) is 16.1 Å². The summed E-state index contributed by atoms with van der Waals surface area (Å²) in [6, 6.07) is 9.66. The van der Waals surface area contributed by atoms with E-state index in [0.29, 0.717) is 32.8 Å². The molecule has 2 rings (SSSR count). The second kappa shape index (κ2) is 11.4. The van der Waals surface area contributed by atoms with Gasteiger partial charge >= 0.3 is 12.2 Å². The summed E-state index contributed by atoms with van der Waals surface area (Å²) in [6.07, 6.45) is 1.26. The Kier molecular flexibility index (Phi) is 8.75. The molecule has 1 heterocycles. The van der Waals surface area contributed by atoms with Crippen molar-refractivity contribution in [1.82, 2.24) is 15.1 Å². The van der Waals surface area contributed by atoms with Crippen LogP contribution in [0, 0.1) is 0 Å². The molecule has 0 atom stereocenters. The molecule has 1 N–H and O–H groups in total. The van der Waals surface area contributed by atoms with Gasteiger partial charge < -0.3 is 19.7 Å². The summed E-state index contributed by atoms with van der Waals surface area (Å²) in [7, 11) is 0. The summed E-state index contributed by atoms with van der Waals surface area (Å²) < 4.78 is 10.4. The van der Waals surface area contributed by atoms with Crippen LogP contribution in [0.15, 0.2) is 30.3 Å². The molecule has 0 radical (unpaired) electrons. The van der Waals surface area contributed by atoms with E-state index in [0.717, 1.165) is 38.0 Å². The summed E-state index contributed by atoms with van der Waals surface area (Å²) in [5.41, 5.74) is 0.983. The van der Waals surface area contributed by atoms with Crippen molar-refractivity contribution in [3.63, 3.8) is 0 Å². The van der Waals surface area contributed by atoms with Gasteiger partial charge in [0, 0.05) is 39.3 Å². The van der Waals surface area contributed by atoms with Gasteiger partial charge in [-0.25, -0.2) is 9.59 Å². The number of nitrogens with zero attached hydrogens (tertiary/aromatic N) is 2. The molecule has 1 aliphatic heterocycles. The SMILES string of the molecule is CCCCOC(=O)NCCN1CCN(C(=O)OCc2ccccc2)CC1. The fourth-order valence-electron chi connectivity index (χ4n) is 2.64. The number of nitrogens with one attached hydrogen (secondary N) is 1. The highest BCUT2D eigenvalue weighted by Gasteiger charge is 2.22. The predicted octanol–water partition coefficient (Wildman–Crippen LogP) is 2.47. The van der Waals surface area contributed by atoms with Gasteiger partial charge in [0.25, 0.3) is 0 Å². The molecule has 7 nitrogen and oxygen atoms in total. The van der Waals surface area contributed by atoms with Gasteiger partial charge in [-0.3, -0.25) is 4.90 Å². The fourth-order valence-corrected chi connectivity index (χ4v) is 2.64. The van der Waals surface area contributed by atoms with Crippen LogP contribution in [0.25, 0.3) is 0 Å². The average Bonchev–Trinajstić information content (AvgIpc) is 2.68. The summed E-state index contributed by atoms with van der Waals surface area (Å²) in [5.74, 6) is 0. The topological polar surface area (TPSA) is 71.1 Å². The second-order valence-corrected chi connectivity index (χ2v) is 6.29. The molecular formula is C19H29N3O4. The Labute approximate surface area is 155 Å². The third kappa shape index (κ3) is 7.31. The number of unbranched alkanes of at least 4 members (excludes halogenated alkanes) is 1. The number of carbonyl (C=O) groups is 2. The predicted molar refractivity (Wildman–Crippen MR) is 98.9 cm³/mol. The van der Waals surface area contributed by atoms with Gasteiger partial charge in [0.05, 0.1) is 6.61 Å². The summed E-state index contributed by atoms with van der Waals surface area (Å²) >= 11 is 0. The van der Waals surface area contributed by atoms with E-state index in [9.17, 15) is 9.59 Å². The van der Waals surface area contributed by atoms with Crippen molar-refractivity contribution >= 4 is 12.2 Å². The first-order valence-electron chi connectivity index (χ1n) is 9.27. The molecular weight excluding hydrogens is 334 g/mol. The number of hydrogen-bond acceptors (Lipinski definition) is 5. The van der Waals surface area contributed by atoms with Crippen molar-refractivity contribution in [3.8, 4) is 0 Å². The number of alkyl carbamates (subject to hydrolysis) is 1. The molecule has 1 aromatic carbocycles. The summed E-state index contributed by atoms with van der Waals surface area (Å²) in [6.45, 7) is 6.91. The van der Waals surface area contributed by atoms with E-state index in [-0.39, 0.29) is 12.2 Å². The molecule has 1 aromatic rings. The van der Waals surface area contributed by atoms with E-state index in [4.69, 9.17) is 9.47 Å². The van der Waals surface area contributed by atoms with E-state index in [1.807, 2.05) is 30.3 Å². The van der Waals surface area contributed by atoms with Crippen molar-refractivity contribution in [2.75, 3.05) is 45.9 Å². The van der Waals surface area contributed by atoms with Crippen LogP contribution >= 0.6 is 0 Å². The minimum absolute atomic E-state index is 0.272. The van der Waals surface area contributed by atoms with Crippen LogP contribution in [0.1, 0.15) is 25.3 Å². The molecule has 0 unspecified atom stereocenters. The highest BCUT2D eigenvalue weighted by molar-refractivity contribution is 5.68. The maximum absolute atomic E-state index is 12.1. The van der Waals surface area contributed by atoms with Gasteiger partial charge in [-0.2, -0.15) is 0 Å². The van der Waals surface area contributed by atoms with E-state index in [1.54, 1.807) is 4.90 Å². The van der Waals surface area contributed by atoms with Crippen LogP contribution in [0.4, 0.5) is 9.59 Å². The summed E-state index contributed by atoms with van der Waals surface area (Å²) in [4.78, 5) is 27.5. The molecule has 7 heteroatoms. The van der Waals surface area contributed by atoms with Crippen molar-refractivity contribution in [2.24, 2.45) is 0 Å². The molecule has 0 bridgehead atoms. The van der Waals surface area contributed by atoms with Gasteiger partial charge in [-0.05, 0) is 12.0 Å². The molecule has 1 saturated heterocycles. The van der Waals surface area contributed by atoms with Crippen LogP contribution in [0.3, 0.4) is 0 Å². The molecule has 1 aliphatic rings. The smallest absolute Gasteiger partial charge is 0.410 e. The van der Waals surface area contributed by atoms with Gasteiger partial charge in [0.1, 0.15) is 6.61 Å². The van der Waals surface area contributed by atoms with E-state index in [2.05, 4.69) is 17.1 Å².